The van der Waals surface area contributed by atoms with Crippen LogP contribution in [0.3, 0.4) is 0 Å². The molecular formula is C27H21Cl4FN8O. The molecule has 3 heterocycles. The summed E-state index contributed by atoms with van der Waals surface area (Å²) in [6, 6.07) is 12.2. The van der Waals surface area contributed by atoms with Crippen LogP contribution in [-0.4, -0.2) is 34.2 Å². The molecule has 9 nitrogen and oxygen atoms in total. The number of nitrogens with zero attached hydrogens (tertiary/aromatic N) is 4. The van der Waals surface area contributed by atoms with Crippen molar-refractivity contribution in [3.8, 4) is 6.07 Å². The molecule has 2 aromatic heterocycles. The molecule has 0 saturated carbocycles. The number of nitrogens with one attached hydrogen (secondary N) is 2. The molecule has 2 aromatic carbocycles. The number of nitrogens with two attached hydrogens (primary N) is 2. The minimum atomic E-state index is -0.716. The second-order valence-electron chi connectivity index (χ2n) is 9.13. The number of aromatic nitrogens is 2. The van der Waals surface area contributed by atoms with Gasteiger partial charge in [-0.25, -0.2) is 15.2 Å². The summed E-state index contributed by atoms with van der Waals surface area (Å²) >= 11 is 25.2. The monoisotopic (exact) mass is 632 g/mol. The standard InChI is InChI=1S/C27H21Cl4FN8O/c28-19-6-14(1-3-21(19)32)37-24-13(8-33)9-36-25-18(24)5-15(7-20(25)29)38-26(17-2-4-23(30)39-27(17)31)22(34)10-40(35)16-11-41-12-16/h1-7,9-10,16,26,38H,11-12,34-35H2,(H,36,37)/b22-10-/t26-/m0/s1. The zero-order valence-corrected chi connectivity index (χ0v) is 24.0. The lowest BCUT2D eigenvalue weighted by Crippen LogP contribution is -2.50. The number of fused-ring (bicyclic) bond motifs is 1. The van der Waals surface area contributed by atoms with E-state index in [1.54, 1.807) is 30.5 Å². The second kappa shape index (κ2) is 12.1. The molecular weight excluding hydrogens is 613 g/mol. The zero-order valence-electron chi connectivity index (χ0n) is 21.0. The molecule has 0 aliphatic carbocycles. The van der Waals surface area contributed by atoms with Crippen LogP contribution in [0.15, 0.2) is 60.6 Å². The van der Waals surface area contributed by atoms with Crippen LogP contribution in [0.2, 0.25) is 20.4 Å². The van der Waals surface area contributed by atoms with Crippen LogP contribution in [-0.2, 0) is 4.74 Å². The predicted octanol–water partition coefficient (Wildman–Crippen LogP) is 6.53. The van der Waals surface area contributed by atoms with Crippen molar-refractivity contribution in [3.63, 3.8) is 0 Å². The van der Waals surface area contributed by atoms with E-state index in [1.807, 2.05) is 0 Å². The molecule has 5 rings (SSSR count). The highest BCUT2D eigenvalue weighted by Crippen LogP contribution is 2.38. The number of hydrogen-bond acceptors (Lipinski definition) is 9. The first-order chi connectivity index (χ1) is 19.6. The molecule has 14 heteroatoms. The van der Waals surface area contributed by atoms with E-state index in [-0.39, 0.29) is 26.9 Å². The summed E-state index contributed by atoms with van der Waals surface area (Å²) < 4.78 is 19.0. The SMILES string of the molecule is N#Cc1cnc2c(Cl)cc(N[C@H](/C(N)=C/N(N)C3COC3)c3ccc(Cl)nc3Cl)cc2c1Nc1ccc(F)c(Cl)c1. The van der Waals surface area contributed by atoms with Crippen LogP contribution in [0.1, 0.15) is 17.2 Å². The van der Waals surface area contributed by atoms with Crippen molar-refractivity contribution in [2.24, 2.45) is 11.6 Å². The van der Waals surface area contributed by atoms with Gasteiger partial charge in [-0.1, -0.05) is 52.5 Å². The molecule has 1 atom stereocenters. The largest absolute Gasteiger partial charge is 0.399 e. The smallest absolute Gasteiger partial charge is 0.141 e. The van der Waals surface area contributed by atoms with Crippen LogP contribution in [0.25, 0.3) is 10.9 Å². The lowest BCUT2D eigenvalue weighted by atomic mass is 10.0. The Balaban J connectivity index is 1.59. The third kappa shape index (κ3) is 6.21. The van der Waals surface area contributed by atoms with Crippen molar-refractivity contribution in [1.82, 2.24) is 15.0 Å². The first kappa shape index (κ1) is 29.0. The Morgan fingerprint density at radius 3 is 2.54 bits per heavy atom. The average Bonchev–Trinajstić information content (AvgIpc) is 2.89. The third-order valence-corrected chi connectivity index (χ3v) is 7.46. The predicted molar refractivity (Wildman–Crippen MR) is 160 cm³/mol. The van der Waals surface area contributed by atoms with Gasteiger partial charge in [0, 0.05) is 34.7 Å². The van der Waals surface area contributed by atoms with Gasteiger partial charge in [0.15, 0.2) is 0 Å². The van der Waals surface area contributed by atoms with Crippen molar-refractivity contribution in [2.45, 2.75) is 12.1 Å². The van der Waals surface area contributed by atoms with E-state index in [1.165, 1.54) is 29.4 Å². The van der Waals surface area contributed by atoms with E-state index >= 15 is 0 Å². The van der Waals surface area contributed by atoms with Crippen molar-refractivity contribution in [3.05, 3.63) is 97.9 Å². The summed E-state index contributed by atoms with van der Waals surface area (Å²) in [4.78, 5) is 8.52. The minimum absolute atomic E-state index is 0.0211. The Bertz CT molecular complexity index is 1710. The van der Waals surface area contributed by atoms with Crippen LogP contribution >= 0.6 is 46.4 Å². The van der Waals surface area contributed by atoms with Gasteiger partial charge in [0.25, 0.3) is 0 Å². The highest BCUT2D eigenvalue weighted by molar-refractivity contribution is 6.36. The van der Waals surface area contributed by atoms with E-state index in [0.29, 0.717) is 57.5 Å². The fraction of sp³-hybridized carbons (Fsp3) is 0.148. The van der Waals surface area contributed by atoms with Crippen LogP contribution < -0.4 is 22.2 Å². The quantitative estimate of drug-likeness (QED) is 0.0969. The molecule has 0 spiro atoms. The molecule has 6 N–H and O–H groups in total. The third-order valence-electron chi connectivity index (χ3n) is 6.37. The van der Waals surface area contributed by atoms with E-state index < -0.39 is 11.9 Å². The van der Waals surface area contributed by atoms with Gasteiger partial charge in [0.05, 0.1) is 57.8 Å². The van der Waals surface area contributed by atoms with Crippen LogP contribution in [0.5, 0.6) is 0 Å². The summed E-state index contributed by atoms with van der Waals surface area (Å²) in [6.45, 7) is 0.955. The molecule has 0 bridgehead atoms. The zero-order chi connectivity index (χ0) is 29.3. The summed E-state index contributed by atoms with van der Waals surface area (Å²) in [5, 5.41) is 18.9. The lowest BCUT2D eigenvalue weighted by molar-refractivity contribution is -0.0494. The molecule has 1 aliphatic heterocycles. The Morgan fingerprint density at radius 2 is 1.88 bits per heavy atom. The van der Waals surface area contributed by atoms with E-state index in [0.717, 1.165) is 0 Å². The molecule has 1 aliphatic rings. The summed E-state index contributed by atoms with van der Waals surface area (Å²) in [5.41, 5.74) is 9.44. The molecule has 1 fully saturated rings. The number of hydrogen-bond donors (Lipinski definition) is 4. The summed E-state index contributed by atoms with van der Waals surface area (Å²) in [5.74, 6) is 5.62. The van der Waals surface area contributed by atoms with Gasteiger partial charge >= 0.3 is 0 Å². The molecule has 1 saturated heterocycles. The van der Waals surface area contributed by atoms with E-state index in [4.69, 9.17) is 62.7 Å². The Labute approximate surface area is 254 Å². The highest BCUT2D eigenvalue weighted by atomic mass is 35.5. The molecule has 210 valence electrons. The molecule has 41 heavy (non-hydrogen) atoms. The average molecular weight is 634 g/mol. The molecule has 0 unspecified atom stereocenters. The van der Waals surface area contributed by atoms with Gasteiger partial charge in [-0.05, 0) is 36.4 Å². The number of nitriles is 1. The van der Waals surface area contributed by atoms with E-state index in [9.17, 15) is 9.65 Å². The number of hydrazine groups is 1. The lowest BCUT2D eigenvalue weighted by Gasteiger charge is -2.34. The maximum absolute atomic E-state index is 13.8. The number of benzene rings is 2. The topological polar surface area (TPSA) is 138 Å². The number of ether oxygens (including phenoxy) is 1. The molecule has 0 amide bonds. The fourth-order valence-electron chi connectivity index (χ4n) is 4.17. The highest BCUT2D eigenvalue weighted by Gasteiger charge is 2.25. The van der Waals surface area contributed by atoms with Gasteiger partial charge in [0.2, 0.25) is 0 Å². The number of anilines is 3. The first-order valence-corrected chi connectivity index (χ1v) is 13.6. The van der Waals surface area contributed by atoms with Crippen LogP contribution in [0, 0.1) is 17.1 Å². The number of pyridine rings is 2. The number of rotatable bonds is 8. The Morgan fingerprint density at radius 1 is 1.12 bits per heavy atom. The summed E-state index contributed by atoms with van der Waals surface area (Å²) in [6.07, 6.45) is 3.00. The van der Waals surface area contributed by atoms with Crippen LogP contribution in [0.4, 0.5) is 21.5 Å². The normalized spacial score (nSPS) is 14.3. The summed E-state index contributed by atoms with van der Waals surface area (Å²) in [7, 11) is 0. The maximum atomic E-state index is 13.8. The minimum Gasteiger partial charge on any atom is -0.399 e. The first-order valence-electron chi connectivity index (χ1n) is 12.1. The Kier molecular flexibility index (Phi) is 8.56. The van der Waals surface area contributed by atoms with Gasteiger partial charge in [0.1, 0.15) is 22.2 Å². The maximum Gasteiger partial charge on any atom is 0.141 e. The fourth-order valence-corrected chi connectivity index (χ4v) is 5.08. The van der Waals surface area contributed by atoms with Gasteiger partial charge in [-0.15, -0.1) is 0 Å². The van der Waals surface area contributed by atoms with Crippen molar-refractivity contribution in [1.29, 1.82) is 5.26 Å². The molecule has 4 aromatic rings. The number of halogens is 5. The van der Waals surface area contributed by atoms with E-state index in [2.05, 4.69) is 26.7 Å². The van der Waals surface area contributed by atoms with Crippen molar-refractivity contribution >= 4 is 74.4 Å². The molecule has 0 radical (unpaired) electrons. The van der Waals surface area contributed by atoms with Crippen molar-refractivity contribution < 1.29 is 9.13 Å². The second-order valence-corrected chi connectivity index (χ2v) is 10.7. The van der Waals surface area contributed by atoms with Gasteiger partial charge in [-0.3, -0.25) is 4.98 Å². The van der Waals surface area contributed by atoms with Crippen molar-refractivity contribution in [2.75, 3.05) is 23.8 Å². The Hall–Kier alpha value is -3.56. The van der Waals surface area contributed by atoms with Gasteiger partial charge in [-0.2, -0.15) is 5.26 Å². The van der Waals surface area contributed by atoms with Gasteiger partial charge < -0.3 is 26.1 Å².